The Morgan fingerprint density at radius 3 is 3.67 bits per heavy atom. The zero-order valence-corrected chi connectivity index (χ0v) is 6.99. The molecule has 0 bridgehead atoms. The number of nitrogens with zero attached hydrogens (tertiary/aromatic N) is 2. The maximum atomic E-state index is 4.72. The smallest absolute Gasteiger partial charge is 0.193 e. The standard InChI is InChI=1S/H4N5OP3/c1-5-8-3-7-4-9(5)2-6-1/h1-2,4,7H. The summed E-state index contributed by atoms with van der Waals surface area (Å²) in [5, 5.41) is 2.65. The topological polar surface area (TPSA) is 77.8 Å². The first-order valence-electron chi connectivity index (χ1n) is 2.15. The highest BCUT2D eigenvalue weighted by molar-refractivity contribution is 7.49. The number of aromatic amines is 3. The number of rotatable bonds is 0. The molecule has 9 heavy (non-hydrogen) atoms. The summed E-state index contributed by atoms with van der Waals surface area (Å²) in [6, 6.07) is 0. The van der Waals surface area contributed by atoms with E-state index in [4.69, 9.17) is 4.63 Å². The van der Waals surface area contributed by atoms with E-state index in [1.807, 2.05) is 4.04 Å². The van der Waals surface area contributed by atoms with Crippen molar-refractivity contribution in [2.24, 2.45) is 0 Å². The van der Waals surface area contributed by atoms with Crippen molar-refractivity contribution >= 4 is 24.8 Å². The number of hydrogen-bond acceptors (Lipinski definition) is 2. The first-order chi connectivity index (χ1) is 4.47. The average Bonchev–Trinajstić information content (AvgIpc) is 2.33. The minimum atomic E-state index is -0.513. The van der Waals surface area contributed by atoms with Crippen LogP contribution in [-0.4, -0.2) is 23.2 Å². The molecule has 0 aromatic carbocycles. The van der Waals surface area contributed by atoms with E-state index in [-0.39, 0.29) is 0 Å². The van der Waals surface area contributed by atoms with E-state index in [2.05, 4.69) is 19.2 Å². The summed E-state index contributed by atoms with van der Waals surface area (Å²) in [4.78, 5) is 2.77. The molecule has 2 heterocycles. The molecule has 0 aliphatic carbocycles. The second-order valence-electron chi connectivity index (χ2n) is 1.30. The molecule has 0 fully saturated rings. The third kappa shape index (κ3) is 0.897. The van der Waals surface area contributed by atoms with Gasteiger partial charge in [-0.25, -0.2) is 0 Å². The summed E-state index contributed by atoms with van der Waals surface area (Å²) in [7, 11) is 0.892. The maximum absolute atomic E-state index is 4.72. The van der Waals surface area contributed by atoms with Crippen molar-refractivity contribution in [3.05, 3.63) is 0 Å². The molecule has 0 aliphatic heterocycles. The second-order valence-corrected chi connectivity index (χ2v) is 5.32. The van der Waals surface area contributed by atoms with Crippen molar-refractivity contribution < 1.29 is 4.63 Å². The van der Waals surface area contributed by atoms with E-state index in [9.17, 15) is 0 Å². The fourth-order valence-electron chi connectivity index (χ4n) is 0.447. The highest BCUT2D eigenvalue weighted by atomic mass is 31.1. The Bertz CT molecular complexity index is 286. The number of nitrogens with one attached hydrogen (secondary N) is 3. The lowest BCUT2D eigenvalue weighted by molar-refractivity contribution is 0.294. The summed E-state index contributed by atoms with van der Waals surface area (Å²) in [6.45, 7) is 0. The summed E-state index contributed by atoms with van der Waals surface area (Å²) in [5.41, 5.74) is 0. The molecule has 0 spiro atoms. The minimum absolute atomic E-state index is 0.482. The Balaban J connectivity index is 2.95. The Hall–Kier alpha value is -0.300. The molecule has 2 atom stereocenters. The van der Waals surface area contributed by atoms with Gasteiger partial charge in [0.25, 0.3) is 0 Å². The van der Waals surface area contributed by atoms with Crippen molar-refractivity contribution in [2.45, 2.75) is 0 Å². The Labute approximate surface area is 53.6 Å². The van der Waals surface area contributed by atoms with Crippen LogP contribution in [-0.2, 0) is 0 Å². The average molecular weight is 183 g/mol. The quantitative estimate of drug-likeness (QED) is 0.578. The lowest BCUT2D eigenvalue weighted by atomic mass is 13.0. The van der Waals surface area contributed by atoms with E-state index in [0.717, 1.165) is 8.51 Å². The van der Waals surface area contributed by atoms with Crippen LogP contribution in [0.2, 0.25) is 0 Å². The Kier molecular flexibility index (Phi) is 1.31. The van der Waals surface area contributed by atoms with Gasteiger partial charge in [-0.1, -0.05) is 0 Å². The fourth-order valence-corrected chi connectivity index (χ4v) is 4.08. The van der Waals surface area contributed by atoms with Crippen molar-refractivity contribution in [1.82, 2.24) is 23.2 Å². The minimum Gasteiger partial charge on any atom is -0.290 e. The van der Waals surface area contributed by atoms with Gasteiger partial charge in [0.1, 0.15) is 0 Å². The molecule has 6 nitrogen and oxygen atoms in total. The first kappa shape index (κ1) is 5.48. The highest BCUT2D eigenvalue weighted by Gasteiger charge is 1.86. The molecule has 2 rings (SSSR count). The molecule has 3 N–H and O–H groups in total. The number of fused-ring (bicyclic) bond motifs is 1. The van der Waals surface area contributed by atoms with Crippen LogP contribution >= 0.6 is 24.8 Å². The van der Waals surface area contributed by atoms with Crippen LogP contribution < -0.4 is 0 Å². The first-order valence-corrected chi connectivity index (χ1v) is 5.19. The van der Waals surface area contributed by atoms with Gasteiger partial charge >= 0.3 is 0 Å². The molecule has 2 aromatic heterocycles. The van der Waals surface area contributed by atoms with E-state index in [0.29, 0.717) is 8.51 Å². The molecule has 2 unspecified atom stereocenters. The highest BCUT2D eigenvalue weighted by Crippen LogP contribution is 2.17. The lowest BCUT2D eigenvalue weighted by Crippen LogP contribution is -1.71. The third-order valence-electron chi connectivity index (χ3n) is 0.784. The SMILES string of the molecule is n1pn2[nH]o[nH]p2[nH][pH]1. The predicted molar refractivity (Wildman–Crippen MR) is 37.1 cm³/mol. The molecule has 50 valence electrons. The third-order valence-corrected chi connectivity index (χ3v) is 4.54. The van der Waals surface area contributed by atoms with Crippen molar-refractivity contribution in [3.63, 3.8) is 0 Å². The van der Waals surface area contributed by atoms with Crippen LogP contribution in [0, 0.1) is 0 Å². The van der Waals surface area contributed by atoms with Crippen molar-refractivity contribution in [2.75, 3.05) is 0 Å². The summed E-state index contributed by atoms with van der Waals surface area (Å²) >= 11 is 0. The molecule has 0 amide bonds. The van der Waals surface area contributed by atoms with Crippen LogP contribution in [0.15, 0.2) is 4.63 Å². The largest absolute Gasteiger partial charge is 0.290 e. The monoisotopic (exact) mass is 183 g/mol. The van der Waals surface area contributed by atoms with Crippen LogP contribution in [0.25, 0.3) is 0 Å². The van der Waals surface area contributed by atoms with Gasteiger partial charge in [0.15, 0.2) is 16.3 Å². The van der Waals surface area contributed by atoms with Gasteiger partial charge in [0, 0.05) is 8.51 Å². The summed E-state index contributed by atoms with van der Waals surface area (Å²) in [5.74, 6) is 0. The van der Waals surface area contributed by atoms with E-state index in [1.54, 1.807) is 0 Å². The number of H-pyrrole nitrogens is 3. The Morgan fingerprint density at radius 1 is 1.78 bits per heavy atom. The van der Waals surface area contributed by atoms with Crippen LogP contribution in [0.4, 0.5) is 0 Å². The predicted octanol–water partition coefficient (Wildman–Crippen LogP) is 1.49. The van der Waals surface area contributed by atoms with Gasteiger partial charge in [-0.3, -0.25) is 9.14 Å². The molecule has 2 aromatic rings. The molecule has 0 aliphatic rings. The fraction of sp³-hybridized carbons (Fsp3) is 0. The van der Waals surface area contributed by atoms with Crippen LogP contribution in [0.1, 0.15) is 0 Å². The molecule has 9 heteroatoms. The zero-order chi connectivity index (χ0) is 6.10. The van der Waals surface area contributed by atoms with E-state index in [1.165, 1.54) is 0 Å². The Morgan fingerprint density at radius 2 is 2.78 bits per heavy atom. The van der Waals surface area contributed by atoms with E-state index >= 15 is 0 Å². The summed E-state index contributed by atoms with van der Waals surface area (Å²) in [6.07, 6.45) is 0. The van der Waals surface area contributed by atoms with Gasteiger partial charge in [0.2, 0.25) is 0 Å². The normalized spacial score (nSPS) is 14.0. The van der Waals surface area contributed by atoms with Gasteiger partial charge in [0.05, 0.1) is 0 Å². The van der Waals surface area contributed by atoms with Gasteiger partial charge in [-0.05, 0) is 0 Å². The second kappa shape index (κ2) is 2.14. The molecule has 0 saturated carbocycles. The lowest BCUT2D eigenvalue weighted by Gasteiger charge is -1.83. The zero-order valence-electron chi connectivity index (χ0n) is 4.20. The van der Waals surface area contributed by atoms with Crippen molar-refractivity contribution in [3.8, 4) is 0 Å². The molecule has 0 saturated heterocycles. The van der Waals surface area contributed by atoms with E-state index < -0.39 is 7.82 Å². The van der Waals surface area contributed by atoms with Gasteiger partial charge < -0.3 is 0 Å². The number of hydrogen-bond donors (Lipinski definition) is 3. The molecular weight excluding hydrogens is 179 g/mol. The number of aromatic nitrogens is 5. The summed E-state index contributed by atoms with van der Waals surface area (Å²) < 4.78 is 13.8. The molecule has 0 radical (unpaired) electrons. The van der Waals surface area contributed by atoms with Crippen LogP contribution in [0.5, 0.6) is 0 Å². The van der Waals surface area contributed by atoms with Gasteiger partial charge in [-0.15, -0.1) is 9.31 Å². The van der Waals surface area contributed by atoms with Gasteiger partial charge in [-0.2, -0.15) is 9.43 Å². The van der Waals surface area contributed by atoms with Crippen LogP contribution in [0.3, 0.4) is 0 Å². The maximum Gasteiger partial charge on any atom is 0.193 e. The van der Waals surface area contributed by atoms with Crippen molar-refractivity contribution in [1.29, 1.82) is 0 Å². The molecular formula is H4N5OP3.